The molecule has 0 bridgehead atoms. The van der Waals surface area contributed by atoms with Crippen LogP contribution in [0, 0.1) is 0 Å². The van der Waals surface area contributed by atoms with Crippen LogP contribution in [0.15, 0.2) is 84.0 Å². The maximum Gasteiger partial charge on any atom is 0.251 e. The van der Waals surface area contributed by atoms with E-state index >= 15 is 0 Å². The van der Waals surface area contributed by atoms with E-state index in [1.165, 1.54) is 17.3 Å². The van der Waals surface area contributed by atoms with Crippen molar-refractivity contribution in [3.05, 3.63) is 116 Å². The number of anilines is 1. The number of nitrogens with zero attached hydrogens (tertiary/aromatic N) is 3. The molecule has 1 heterocycles. The lowest BCUT2D eigenvalue weighted by Gasteiger charge is -2.19. The molecule has 37 heavy (non-hydrogen) atoms. The maximum absolute atomic E-state index is 12.7. The van der Waals surface area contributed by atoms with Gasteiger partial charge in [0.05, 0.1) is 0 Å². The smallest absolute Gasteiger partial charge is 0.251 e. The molecule has 1 aromatic heterocycles. The van der Waals surface area contributed by atoms with Gasteiger partial charge in [-0.05, 0) is 47.4 Å². The van der Waals surface area contributed by atoms with Gasteiger partial charge in [-0.25, -0.2) is 9.97 Å². The van der Waals surface area contributed by atoms with E-state index < -0.39 is 0 Å². The topological polar surface area (TPSA) is 58.1 Å². The van der Waals surface area contributed by atoms with Gasteiger partial charge in [-0.1, -0.05) is 95.1 Å². The van der Waals surface area contributed by atoms with E-state index in [1.54, 1.807) is 24.3 Å². The molecule has 0 saturated carbocycles. The first-order valence-corrected chi connectivity index (χ1v) is 13.7. The Hall–Kier alpha value is -2.77. The maximum atomic E-state index is 12.7. The van der Waals surface area contributed by atoms with E-state index in [0.29, 0.717) is 51.2 Å². The molecule has 0 aliphatic carbocycles. The zero-order chi connectivity index (χ0) is 26.2. The molecular weight excluding hydrogens is 547 g/mol. The molecule has 4 aromatic rings. The van der Waals surface area contributed by atoms with Gasteiger partial charge in [0.1, 0.15) is 11.0 Å². The van der Waals surface area contributed by atoms with Crippen molar-refractivity contribution < 1.29 is 4.79 Å². The van der Waals surface area contributed by atoms with Gasteiger partial charge in [0.2, 0.25) is 0 Å². The lowest BCUT2D eigenvalue weighted by Crippen LogP contribution is -2.25. The normalized spacial score (nSPS) is 10.8. The SMILES string of the molecule is CN(Cc1ccccc1)c1cc(Cl)nc(SCc2cccc(C(=O)NCCc3ccc(Cl)cc3Cl)c2)n1. The van der Waals surface area contributed by atoms with Crippen molar-refractivity contribution in [2.75, 3.05) is 18.5 Å². The molecule has 190 valence electrons. The zero-order valence-electron chi connectivity index (χ0n) is 20.1. The third-order valence-electron chi connectivity index (χ3n) is 5.57. The Balaban J connectivity index is 1.34. The number of carbonyl (C=O) groups is 1. The summed E-state index contributed by atoms with van der Waals surface area (Å²) in [6, 6.07) is 24.8. The molecule has 0 spiro atoms. The van der Waals surface area contributed by atoms with Crippen LogP contribution in [0.1, 0.15) is 27.0 Å². The van der Waals surface area contributed by atoms with Crippen molar-refractivity contribution in [1.82, 2.24) is 15.3 Å². The lowest BCUT2D eigenvalue weighted by atomic mass is 10.1. The van der Waals surface area contributed by atoms with Gasteiger partial charge in [-0.3, -0.25) is 4.79 Å². The average molecular weight is 572 g/mol. The number of nitrogens with one attached hydrogen (secondary N) is 1. The van der Waals surface area contributed by atoms with Crippen LogP contribution in [-0.4, -0.2) is 29.5 Å². The summed E-state index contributed by atoms with van der Waals surface area (Å²) in [6.07, 6.45) is 0.616. The van der Waals surface area contributed by atoms with E-state index in [0.717, 1.165) is 16.9 Å². The van der Waals surface area contributed by atoms with Crippen molar-refractivity contribution in [2.45, 2.75) is 23.9 Å². The van der Waals surface area contributed by atoms with E-state index in [4.69, 9.17) is 34.8 Å². The van der Waals surface area contributed by atoms with Crippen LogP contribution < -0.4 is 10.2 Å². The number of carbonyl (C=O) groups excluding carboxylic acids is 1. The van der Waals surface area contributed by atoms with E-state index in [9.17, 15) is 4.79 Å². The van der Waals surface area contributed by atoms with Crippen LogP contribution in [0.5, 0.6) is 0 Å². The first-order valence-electron chi connectivity index (χ1n) is 11.6. The fourth-order valence-corrected chi connectivity index (χ4v) is 5.20. The van der Waals surface area contributed by atoms with Gasteiger partial charge >= 0.3 is 0 Å². The van der Waals surface area contributed by atoms with Gasteiger partial charge in [-0.2, -0.15) is 0 Å². The van der Waals surface area contributed by atoms with E-state index in [-0.39, 0.29) is 5.91 Å². The number of rotatable bonds is 10. The summed E-state index contributed by atoms with van der Waals surface area (Å²) in [5, 5.41) is 5.11. The summed E-state index contributed by atoms with van der Waals surface area (Å²) in [4.78, 5) is 23.8. The first kappa shape index (κ1) is 27.3. The van der Waals surface area contributed by atoms with Crippen LogP contribution in [0.4, 0.5) is 5.82 Å². The Labute approximate surface area is 236 Å². The van der Waals surface area contributed by atoms with Crippen molar-refractivity contribution in [3.8, 4) is 0 Å². The molecule has 0 atom stereocenters. The van der Waals surface area contributed by atoms with Crippen molar-refractivity contribution in [3.63, 3.8) is 0 Å². The Morgan fingerprint density at radius 3 is 2.49 bits per heavy atom. The fraction of sp³-hybridized carbons (Fsp3) is 0.179. The molecular formula is C28H25Cl3N4OS. The Morgan fingerprint density at radius 2 is 1.70 bits per heavy atom. The predicted octanol–water partition coefficient (Wildman–Crippen LogP) is 7.34. The second kappa shape index (κ2) is 13.2. The molecule has 0 aliphatic rings. The summed E-state index contributed by atoms with van der Waals surface area (Å²) in [7, 11) is 1.98. The number of amides is 1. The number of benzene rings is 3. The highest BCUT2D eigenvalue weighted by Gasteiger charge is 2.11. The lowest BCUT2D eigenvalue weighted by molar-refractivity contribution is 0.0954. The Morgan fingerprint density at radius 1 is 0.919 bits per heavy atom. The monoisotopic (exact) mass is 570 g/mol. The Bertz CT molecular complexity index is 1370. The van der Waals surface area contributed by atoms with Gasteiger partial charge in [0.15, 0.2) is 5.16 Å². The molecule has 5 nitrogen and oxygen atoms in total. The molecule has 0 radical (unpaired) electrons. The standard InChI is InChI=1S/C28H25Cl3N4OS/c1-35(17-19-6-3-2-4-7-19)26-16-25(31)33-28(34-26)37-18-20-8-5-9-22(14-20)27(36)32-13-12-21-10-11-23(29)15-24(21)30/h2-11,14-16H,12-13,17-18H2,1H3,(H,32,36). The van der Waals surface area contributed by atoms with Gasteiger partial charge in [0, 0.05) is 47.6 Å². The van der Waals surface area contributed by atoms with Crippen LogP contribution in [0.25, 0.3) is 0 Å². The number of aromatic nitrogens is 2. The number of thioether (sulfide) groups is 1. The van der Waals surface area contributed by atoms with Crippen molar-refractivity contribution in [1.29, 1.82) is 0 Å². The van der Waals surface area contributed by atoms with Crippen molar-refractivity contribution >= 4 is 58.3 Å². The summed E-state index contributed by atoms with van der Waals surface area (Å²) >= 11 is 19.9. The van der Waals surface area contributed by atoms with Crippen LogP contribution in [-0.2, 0) is 18.7 Å². The van der Waals surface area contributed by atoms with Crippen LogP contribution in [0.2, 0.25) is 15.2 Å². The van der Waals surface area contributed by atoms with Crippen molar-refractivity contribution in [2.24, 2.45) is 0 Å². The number of hydrogen-bond acceptors (Lipinski definition) is 5. The highest BCUT2D eigenvalue weighted by Crippen LogP contribution is 2.25. The minimum absolute atomic E-state index is 0.138. The third kappa shape index (κ3) is 8.11. The molecule has 4 rings (SSSR count). The van der Waals surface area contributed by atoms with E-state index in [2.05, 4.69) is 27.4 Å². The van der Waals surface area contributed by atoms with Gasteiger partial charge in [-0.15, -0.1) is 0 Å². The molecule has 0 saturated heterocycles. The molecule has 0 aliphatic heterocycles. The largest absolute Gasteiger partial charge is 0.355 e. The predicted molar refractivity (Wildman–Crippen MR) is 154 cm³/mol. The average Bonchev–Trinajstić information content (AvgIpc) is 2.89. The Kier molecular flexibility index (Phi) is 9.69. The first-order chi connectivity index (χ1) is 17.9. The molecule has 0 unspecified atom stereocenters. The highest BCUT2D eigenvalue weighted by molar-refractivity contribution is 7.98. The minimum atomic E-state index is -0.138. The van der Waals surface area contributed by atoms with Gasteiger partial charge < -0.3 is 10.2 Å². The quantitative estimate of drug-likeness (QED) is 0.123. The summed E-state index contributed by atoms with van der Waals surface area (Å²) in [6.45, 7) is 1.18. The fourth-order valence-electron chi connectivity index (χ4n) is 3.67. The summed E-state index contributed by atoms with van der Waals surface area (Å²) < 4.78 is 0. The van der Waals surface area contributed by atoms with Gasteiger partial charge in [0.25, 0.3) is 5.91 Å². The number of hydrogen-bond donors (Lipinski definition) is 1. The molecule has 9 heteroatoms. The van der Waals surface area contributed by atoms with Crippen LogP contribution in [0.3, 0.4) is 0 Å². The second-order valence-electron chi connectivity index (χ2n) is 8.40. The van der Waals surface area contributed by atoms with Crippen LogP contribution >= 0.6 is 46.6 Å². The third-order valence-corrected chi connectivity index (χ3v) is 7.27. The second-order valence-corrected chi connectivity index (χ2v) is 10.6. The highest BCUT2D eigenvalue weighted by atomic mass is 35.5. The minimum Gasteiger partial charge on any atom is -0.355 e. The molecule has 1 N–H and O–H groups in total. The summed E-state index contributed by atoms with van der Waals surface area (Å²) in [5.41, 5.74) is 3.70. The van der Waals surface area contributed by atoms with E-state index in [1.807, 2.05) is 54.4 Å². The molecule has 1 amide bonds. The molecule has 3 aromatic carbocycles. The zero-order valence-corrected chi connectivity index (χ0v) is 23.2. The summed E-state index contributed by atoms with van der Waals surface area (Å²) in [5.74, 6) is 1.21. The molecule has 0 fully saturated rings. The number of halogens is 3.